The lowest BCUT2D eigenvalue weighted by Crippen LogP contribution is -2.21. The van der Waals surface area contributed by atoms with Crippen molar-refractivity contribution >= 4 is 28.2 Å². The minimum Gasteiger partial charge on any atom is -0.497 e. The summed E-state index contributed by atoms with van der Waals surface area (Å²) in [5.41, 5.74) is 0. The van der Waals surface area contributed by atoms with Crippen LogP contribution in [0.2, 0.25) is 0 Å². The van der Waals surface area contributed by atoms with E-state index in [0.717, 1.165) is 37.0 Å². The lowest BCUT2D eigenvalue weighted by molar-refractivity contribution is 0.415. The molecule has 100 valence electrons. The first-order valence-corrected chi connectivity index (χ1v) is 7.09. The van der Waals surface area contributed by atoms with Gasteiger partial charge in [-0.05, 0) is 42.0 Å². The third kappa shape index (κ3) is 2.35. The topological polar surface area (TPSA) is 25.4 Å². The smallest absolute Gasteiger partial charge is 0.136 e. The van der Waals surface area contributed by atoms with Crippen LogP contribution in [-0.2, 0) is 0 Å². The minimum atomic E-state index is 0.581. The second-order valence-corrected chi connectivity index (χ2v) is 5.29. The Kier molecular flexibility index (Phi) is 3.47. The van der Waals surface area contributed by atoms with Crippen molar-refractivity contribution in [1.82, 2.24) is 4.98 Å². The molecule has 2 heterocycles. The van der Waals surface area contributed by atoms with Gasteiger partial charge in [-0.1, -0.05) is 0 Å². The van der Waals surface area contributed by atoms with Gasteiger partial charge in [0.2, 0.25) is 0 Å². The Balaban J connectivity index is 2.00. The maximum atomic E-state index is 5.95. The number of fused-ring (bicyclic) bond motifs is 1. The number of anilines is 1. The van der Waals surface area contributed by atoms with Crippen molar-refractivity contribution in [3.63, 3.8) is 0 Å². The SMILES string of the molecule is COc1ccc2c(N3CCC(CCl)C3)nccc2c1. The fourth-order valence-electron chi connectivity index (χ4n) is 2.67. The third-order valence-corrected chi connectivity index (χ3v) is 4.19. The number of ether oxygens (including phenoxy) is 1. The predicted octanol–water partition coefficient (Wildman–Crippen LogP) is 3.31. The quantitative estimate of drug-likeness (QED) is 0.804. The molecule has 1 saturated heterocycles. The largest absolute Gasteiger partial charge is 0.497 e. The van der Waals surface area contributed by atoms with E-state index < -0.39 is 0 Å². The number of hydrogen-bond acceptors (Lipinski definition) is 3. The molecule has 3 nitrogen and oxygen atoms in total. The summed E-state index contributed by atoms with van der Waals surface area (Å²) in [6, 6.07) is 8.15. The number of alkyl halides is 1. The standard InChI is InChI=1S/C15H17ClN2O/c1-19-13-2-3-14-12(8-13)4-6-17-15(14)18-7-5-11(9-16)10-18/h2-4,6,8,11H,5,7,9-10H2,1H3. The minimum absolute atomic E-state index is 0.581. The van der Waals surface area contributed by atoms with Crippen LogP contribution in [0.3, 0.4) is 0 Å². The summed E-state index contributed by atoms with van der Waals surface area (Å²) < 4.78 is 5.27. The molecule has 0 spiro atoms. The van der Waals surface area contributed by atoms with Crippen molar-refractivity contribution in [3.8, 4) is 5.75 Å². The van der Waals surface area contributed by atoms with Crippen molar-refractivity contribution in [2.24, 2.45) is 5.92 Å². The molecule has 0 radical (unpaired) electrons. The molecule has 3 rings (SSSR count). The van der Waals surface area contributed by atoms with Crippen LogP contribution in [-0.4, -0.2) is 31.1 Å². The molecule has 19 heavy (non-hydrogen) atoms. The summed E-state index contributed by atoms with van der Waals surface area (Å²) in [7, 11) is 1.69. The zero-order valence-corrected chi connectivity index (χ0v) is 11.7. The molecule has 1 fully saturated rings. The molecule has 1 aliphatic rings. The molecule has 1 unspecified atom stereocenters. The van der Waals surface area contributed by atoms with Crippen molar-refractivity contribution in [2.75, 3.05) is 31.0 Å². The maximum Gasteiger partial charge on any atom is 0.136 e. The van der Waals surface area contributed by atoms with Crippen molar-refractivity contribution in [3.05, 3.63) is 30.5 Å². The van der Waals surface area contributed by atoms with Crippen LogP contribution in [0.1, 0.15) is 6.42 Å². The van der Waals surface area contributed by atoms with Crippen LogP contribution < -0.4 is 9.64 Å². The van der Waals surface area contributed by atoms with Gasteiger partial charge in [0.05, 0.1) is 7.11 Å². The van der Waals surface area contributed by atoms with E-state index in [4.69, 9.17) is 16.3 Å². The summed E-state index contributed by atoms with van der Waals surface area (Å²) in [6.07, 6.45) is 3.02. The number of pyridine rings is 1. The van der Waals surface area contributed by atoms with Gasteiger partial charge < -0.3 is 9.64 Å². The molecule has 0 saturated carbocycles. The number of methoxy groups -OCH3 is 1. The van der Waals surface area contributed by atoms with E-state index in [1.54, 1.807) is 7.11 Å². The van der Waals surface area contributed by atoms with Crippen molar-refractivity contribution < 1.29 is 4.74 Å². The van der Waals surface area contributed by atoms with Crippen molar-refractivity contribution in [2.45, 2.75) is 6.42 Å². The van der Waals surface area contributed by atoms with Crippen molar-refractivity contribution in [1.29, 1.82) is 0 Å². The number of rotatable bonds is 3. The molecule has 4 heteroatoms. The lowest BCUT2D eigenvalue weighted by Gasteiger charge is -2.19. The average Bonchev–Trinajstić information content (AvgIpc) is 2.94. The Morgan fingerprint density at radius 1 is 1.42 bits per heavy atom. The van der Waals surface area contributed by atoms with Gasteiger partial charge in [0.1, 0.15) is 11.6 Å². The van der Waals surface area contributed by atoms with E-state index in [0.29, 0.717) is 5.92 Å². The molecule has 1 aromatic carbocycles. The molecule has 0 amide bonds. The van der Waals surface area contributed by atoms with Gasteiger partial charge in [0.15, 0.2) is 0 Å². The maximum absolute atomic E-state index is 5.95. The fourth-order valence-corrected chi connectivity index (χ4v) is 2.92. The summed E-state index contributed by atoms with van der Waals surface area (Å²) in [5.74, 6) is 3.25. The fraction of sp³-hybridized carbons (Fsp3) is 0.400. The highest BCUT2D eigenvalue weighted by Crippen LogP contribution is 2.31. The first kappa shape index (κ1) is 12.5. The van der Waals surface area contributed by atoms with Gasteiger partial charge in [-0.15, -0.1) is 11.6 Å². The number of aromatic nitrogens is 1. The summed E-state index contributed by atoms with van der Waals surface area (Å²) in [6.45, 7) is 2.04. The van der Waals surface area contributed by atoms with E-state index in [1.165, 1.54) is 10.8 Å². The van der Waals surface area contributed by atoms with Gasteiger partial charge in [-0.25, -0.2) is 4.98 Å². The number of halogens is 1. The zero-order chi connectivity index (χ0) is 13.2. The van der Waals surface area contributed by atoms with Crippen LogP contribution in [0.25, 0.3) is 10.8 Å². The number of benzene rings is 1. The summed E-state index contributed by atoms with van der Waals surface area (Å²) >= 11 is 5.95. The average molecular weight is 277 g/mol. The Hall–Kier alpha value is -1.48. The molecule has 0 aliphatic carbocycles. The lowest BCUT2D eigenvalue weighted by atomic mass is 10.1. The summed E-state index contributed by atoms with van der Waals surface area (Å²) in [4.78, 5) is 6.89. The predicted molar refractivity (Wildman–Crippen MR) is 79.3 cm³/mol. The molecule has 0 bridgehead atoms. The monoisotopic (exact) mass is 276 g/mol. The van der Waals surface area contributed by atoms with Gasteiger partial charge in [0, 0.05) is 30.6 Å². The highest BCUT2D eigenvalue weighted by atomic mass is 35.5. The highest BCUT2D eigenvalue weighted by Gasteiger charge is 2.23. The van der Waals surface area contributed by atoms with Crippen LogP contribution >= 0.6 is 11.6 Å². The van der Waals surface area contributed by atoms with Crippen LogP contribution in [0.15, 0.2) is 30.5 Å². The Bertz CT molecular complexity index is 587. The molecule has 1 aromatic heterocycles. The van der Waals surface area contributed by atoms with Gasteiger partial charge in [-0.3, -0.25) is 0 Å². The molecular formula is C15H17ClN2O. The van der Waals surface area contributed by atoms with Gasteiger partial charge in [-0.2, -0.15) is 0 Å². The molecule has 0 N–H and O–H groups in total. The van der Waals surface area contributed by atoms with E-state index in [2.05, 4.69) is 22.0 Å². The number of nitrogens with zero attached hydrogens (tertiary/aromatic N) is 2. The van der Waals surface area contributed by atoms with E-state index in [1.807, 2.05) is 18.3 Å². The highest BCUT2D eigenvalue weighted by molar-refractivity contribution is 6.18. The Labute approximate surface area is 118 Å². The van der Waals surface area contributed by atoms with E-state index in [-0.39, 0.29) is 0 Å². The van der Waals surface area contributed by atoms with Crippen LogP contribution in [0.5, 0.6) is 5.75 Å². The van der Waals surface area contributed by atoms with E-state index in [9.17, 15) is 0 Å². The molecule has 1 atom stereocenters. The zero-order valence-electron chi connectivity index (χ0n) is 11.0. The second kappa shape index (κ2) is 5.25. The first-order valence-electron chi connectivity index (χ1n) is 6.55. The number of hydrogen-bond donors (Lipinski definition) is 0. The Morgan fingerprint density at radius 3 is 3.05 bits per heavy atom. The molecular weight excluding hydrogens is 260 g/mol. The molecule has 2 aromatic rings. The first-order chi connectivity index (χ1) is 9.31. The van der Waals surface area contributed by atoms with E-state index >= 15 is 0 Å². The second-order valence-electron chi connectivity index (χ2n) is 4.98. The summed E-state index contributed by atoms with van der Waals surface area (Å²) in [5, 5.41) is 2.34. The van der Waals surface area contributed by atoms with Gasteiger partial charge in [0.25, 0.3) is 0 Å². The third-order valence-electron chi connectivity index (χ3n) is 3.75. The Morgan fingerprint density at radius 2 is 2.32 bits per heavy atom. The normalized spacial score (nSPS) is 19.1. The van der Waals surface area contributed by atoms with Crippen LogP contribution in [0, 0.1) is 5.92 Å². The molecule has 1 aliphatic heterocycles. The van der Waals surface area contributed by atoms with Crippen LogP contribution in [0.4, 0.5) is 5.82 Å². The van der Waals surface area contributed by atoms with Gasteiger partial charge >= 0.3 is 0 Å².